The van der Waals surface area contributed by atoms with E-state index in [4.69, 9.17) is 4.98 Å². The Morgan fingerprint density at radius 1 is 1.26 bits per heavy atom. The monoisotopic (exact) mass is 481 g/mol. The van der Waals surface area contributed by atoms with Crippen LogP contribution in [0.4, 0.5) is 5.82 Å². The van der Waals surface area contributed by atoms with Crippen LogP contribution in [-0.4, -0.2) is 43.1 Å². The molecule has 1 aliphatic heterocycles. The zero-order chi connectivity index (χ0) is 21.2. The summed E-state index contributed by atoms with van der Waals surface area (Å²) in [6, 6.07) is 4.14. The van der Waals surface area contributed by atoms with Crippen LogP contribution >= 0.6 is 15.9 Å². The Morgan fingerprint density at radius 2 is 2.10 bits per heavy atom. The molecule has 1 amide bonds. The highest BCUT2D eigenvalue weighted by Gasteiger charge is 2.52. The topological polar surface area (TPSA) is 80.9 Å². The number of nitrogens with zero attached hydrogens (tertiary/aromatic N) is 6. The average molecular weight is 482 g/mol. The van der Waals surface area contributed by atoms with Crippen LogP contribution in [0.15, 0.2) is 35.6 Å². The molecule has 1 saturated heterocycles. The van der Waals surface area contributed by atoms with Crippen LogP contribution in [0, 0.1) is 5.41 Å². The van der Waals surface area contributed by atoms with Gasteiger partial charge in [-0.1, -0.05) is 6.07 Å². The van der Waals surface area contributed by atoms with Gasteiger partial charge in [-0.2, -0.15) is 0 Å². The summed E-state index contributed by atoms with van der Waals surface area (Å²) in [5, 5.41) is 3.08. The molecule has 160 valence electrons. The summed E-state index contributed by atoms with van der Waals surface area (Å²) in [7, 11) is 1.99. The molecular formula is C22H24BrN7O. The molecule has 9 heteroatoms. The molecule has 2 fully saturated rings. The van der Waals surface area contributed by atoms with Crippen molar-refractivity contribution in [3.8, 4) is 0 Å². The van der Waals surface area contributed by atoms with Gasteiger partial charge in [0.15, 0.2) is 0 Å². The third-order valence-electron chi connectivity index (χ3n) is 6.86. The SMILES string of the molecule is Cn1cnc2c1CC[C@H]2NC(=O)c1cn(Cc2ccc(N3CC4(CC4)C3)nc2Br)cn1. The second kappa shape index (κ2) is 6.91. The lowest BCUT2D eigenvalue weighted by molar-refractivity contribution is 0.0931. The van der Waals surface area contributed by atoms with Crippen molar-refractivity contribution in [2.24, 2.45) is 12.5 Å². The number of pyridine rings is 1. The first-order valence-electron chi connectivity index (χ1n) is 10.7. The van der Waals surface area contributed by atoms with Gasteiger partial charge in [-0.05, 0) is 47.7 Å². The Bertz CT molecular complexity index is 1170. The van der Waals surface area contributed by atoms with Crippen LogP contribution in [0.25, 0.3) is 0 Å². The van der Waals surface area contributed by atoms with Gasteiger partial charge in [-0.25, -0.2) is 15.0 Å². The van der Waals surface area contributed by atoms with Crippen LogP contribution < -0.4 is 10.2 Å². The van der Waals surface area contributed by atoms with Gasteiger partial charge in [0, 0.05) is 43.0 Å². The third kappa shape index (κ3) is 3.35. The van der Waals surface area contributed by atoms with Crippen molar-refractivity contribution in [2.45, 2.75) is 38.3 Å². The molecule has 6 rings (SSSR count). The number of hydrogen-bond donors (Lipinski definition) is 1. The molecule has 0 aromatic carbocycles. The zero-order valence-corrected chi connectivity index (χ0v) is 19.0. The van der Waals surface area contributed by atoms with Crippen molar-refractivity contribution in [1.82, 2.24) is 29.4 Å². The van der Waals surface area contributed by atoms with E-state index in [0.29, 0.717) is 17.7 Å². The number of aryl methyl sites for hydroxylation is 1. The molecule has 3 aromatic heterocycles. The van der Waals surface area contributed by atoms with Gasteiger partial charge >= 0.3 is 0 Å². The van der Waals surface area contributed by atoms with Gasteiger partial charge in [0.05, 0.1) is 30.9 Å². The fourth-order valence-electron chi connectivity index (χ4n) is 4.79. The summed E-state index contributed by atoms with van der Waals surface area (Å²) in [6.45, 7) is 2.87. The second-order valence-corrected chi connectivity index (χ2v) is 9.91. The van der Waals surface area contributed by atoms with Crippen molar-refractivity contribution >= 4 is 27.7 Å². The van der Waals surface area contributed by atoms with Crippen LogP contribution in [0.1, 0.15) is 52.7 Å². The first-order chi connectivity index (χ1) is 15.0. The normalized spacial score (nSPS) is 20.6. The number of fused-ring (bicyclic) bond motifs is 1. The summed E-state index contributed by atoms with van der Waals surface area (Å²) in [6.07, 6.45) is 9.83. The van der Waals surface area contributed by atoms with Crippen molar-refractivity contribution < 1.29 is 4.79 Å². The molecule has 2 aliphatic carbocycles. The summed E-state index contributed by atoms with van der Waals surface area (Å²) < 4.78 is 4.79. The zero-order valence-electron chi connectivity index (χ0n) is 17.4. The molecule has 1 spiro atoms. The quantitative estimate of drug-likeness (QED) is 0.566. The average Bonchev–Trinajstić information content (AvgIpc) is 3.04. The minimum absolute atomic E-state index is 0.0454. The summed E-state index contributed by atoms with van der Waals surface area (Å²) in [5.74, 6) is 0.867. The fraction of sp³-hybridized carbons (Fsp3) is 0.455. The molecule has 8 nitrogen and oxygen atoms in total. The van der Waals surface area contributed by atoms with Gasteiger partial charge in [0.1, 0.15) is 16.1 Å². The number of hydrogen-bond acceptors (Lipinski definition) is 5. The number of amides is 1. The molecule has 0 unspecified atom stereocenters. The number of carbonyl (C=O) groups is 1. The first-order valence-corrected chi connectivity index (χ1v) is 11.5. The van der Waals surface area contributed by atoms with Crippen molar-refractivity contribution in [3.05, 3.63) is 58.2 Å². The second-order valence-electron chi connectivity index (χ2n) is 9.16. The van der Waals surface area contributed by atoms with Crippen LogP contribution in [-0.2, 0) is 20.0 Å². The maximum Gasteiger partial charge on any atom is 0.272 e. The number of aromatic nitrogens is 5. The smallest absolute Gasteiger partial charge is 0.272 e. The minimum atomic E-state index is -0.165. The molecule has 3 aliphatic rings. The Labute approximate surface area is 188 Å². The highest BCUT2D eigenvalue weighted by Crippen LogP contribution is 2.53. The fourth-order valence-corrected chi connectivity index (χ4v) is 5.23. The van der Waals surface area contributed by atoms with E-state index in [0.717, 1.165) is 47.6 Å². The Kier molecular flexibility index (Phi) is 4.25. The van der Waals surface area contributed by atoms with Gasteiger partial charge in [0.25, 0.3) is 5.91 Å². The molecule has 3 aromatic rings. The number of carbonyl (C=O) groups excluding carboxylic acids is 1. The lowest BCUT2D eigenvalue weighted by atomic mass is 9.97. The summed E-state index contributed by atoms with van der Waals surface area (Å²) >= 11 is 3.62. The lowest BCUT2D eigenvalue weighted by Gasteiger charge is -2.41. The highest BCUT2D eigenvalue weighted by molar-refractivity contribution is 9.10. The predicted octanol–water partition coefficient (Wildman–Crippen LogP) is 2.84. The lowest BCUT2D eigenvalue weighted by Crippen LogP contribution is -2.48. The predicted molar refractivity (Wildman–Crippen MR) is 119 cm³/mol. The van der Waals surface area contributed by atoms with E-state index >= 15 is 0 Å². The molecule has 1 atom stereocenters. The maximum absolute atomic E-state index is 12.7. The molecule has 1 saturated carbocycles. The van der Waals surface area contributed by atoms with Crippen molar-refractivity contribution in [1.29, 1.82) is 0 Å². The standard InChI is InChI=1S/C22H24BrN7O/c1-28-12-25-19-15(3-4-17(19)28)26-21(31)16-9-29(13-24-16)8-14-2-5-18(27-20(14)23)30-10-22(11-30)6-7-22/h2,5,9,12-13,15H,3-4,6-8,10-11H2,1H3,(H,26,31)/t15-/m1/s1. The molecule has 1 N–H and O–H groups in total. The van der Waals surface area contributed by atoms with Crippen LogP contribution in [0.2, 0.25) is 0 Å². The Hall–Kier alpha value is -2.68. The van der Waals surface area contributed by atoms with Gasteiger partial charge in [-0.3, -0.25) is 4.79 Å². The van der Waals surface area contributed by atoms with E-state index < -0.39 is 0 Å². The number of rotatable bonds is 5. The minimum Gasteiger partial charge on any atom is -0.355 e. The van der Waals surface area contributed by atoms with E-state index in [9.17, 15) is 4.79 Å². The highest BCUT2D eigenvalue weighted by atomic mass is 79.9. The Balaban J connectivity index is 1.11. The number of halogens is 1. The molecule has 4 heterocycles. The number of imidazole rings is 2. The van der Waals surface area contributed by atoms with Crippen molar-refractivity contribution in [2.75, 3.05) is 18.0 Å². The largest absolute Gasteiger partial charge is 0.355 e. The van der Waals surface area contributed by atoms with Crippen LogP contribution in [0.5, 0.6) is 0 Å². The van der Waals surface area contributed by atoms with Gasteiger partial charge in [0.2, 0.25) is 0 Å². The van der Waals surface area contributed by atoms with E-state index in [1.807, 2.05) is 16.2 Å². The maximum atomic E-state index is 12.7. The first kappa shape index (κ1) is 19.0. The molecule has 0 radical (unpaired) electrons. The molecule has 0 bridgehead atoms. The third-order valence-corrected chi connectivity index (χ3v) is 7.55. The van der Waals surface area contributed by atoms with E-state index in [-0.39, 0.29) is 11.9 Å². The van der Waals surface area contributed by atoms with Gasteiger partial charge in [-0.15, -0.1) is 0 Å². The molecule has 31 heavy (non-hydrogen) atoms. The number of anilines is 1. The van der Waals surface area contributed by atoms with Crippen molar-refractivity contribution in [3.63, 3.8) is 0 Å². The van der Waals surface area contributed by atoms with E-state index in [1.54, 1.807) is 18.9 Å². The molecular weight excluding hydrogens is 458 g/mol. The van der Waals surface area contributed by atoms with Crippen LogP contribution in [0.3, 0.4) is 0 Å². The van der Waals surface area contributed by atoms with E-state index in [1.165, 1.54) is 18.5 Å². The Morgan fingerprint density at radius 3 is 2.87 bits per heavy atom. The number of nitrogens with one attached hydrogen (secondary N) is 1. The summed E-state index contributed by atoms with van der Waals surface area (Å²) in [5.41, 5.74) is 4.25. The van der Waals surface area contributed by atoms with Gasteiger partial charge < -0.3 is 19.4 Å². The summed E-state index contributed by atoms with van der Waals surface area (Å²) in [4.78, 5) is 28.6. The van der Waals surface area contributed by atoms with E-state index in [2.05, 4.69) is 48.2 Å².